The molecule has 0 unspecified atom stereocenters. The van der Waals surface area contributed by atoms with E-state index in [1.165, 1.54) is 6.07 Å². The van der Waals surface area contributed by atoms with Crippen molar-refractivity contribution in [3.05, 3.63) is 28.5 Å². The molecule has 0 fully saturated rings. The summed E-state index contributed by atoms with van der Waals surface area (Å²) in [5.74, 6) is -0.660. The molecular weight excluding hydrogens is 203 g/mol. The summed E-state index contributed by atoms with van der Waals surface area (Å²) in [6, 6.07) is 5.04. The zero-order valence-electron chi connectivity index (χ0n) is 7.94. The zero-order valence-corrected chi connectivity index (χ0v) is 8.69. The van der Waals surface area contributed by atoms with Gasteiger partial charge in [0.2, 0.25) is 0 Å². The second kappa shape index (κ2) is 3.47. The molecule has 0 atom stereocenters. The molecule has 0 aromatic heterocycles. The van der Waals surface area contributed by atoms with E-state index in [4.69, 9.17) is 22.6 Å². The standard InChI is InChI=1S/C10H10ClFN2/c1-10(2,5-13)6-3-4-7(14)9(12)8(6)11/h3-4H,14H2,1-2H3. The topological polar surface area (TPSA) is 49.8 Å². The quantitative estimate of drug-likeness (QED) is 0.728. The minimum Gasteiger partial charge on any atom is -0.396 e. The van der Waals surface area contributed by atoms with Gasteiger partial charge in [-0.3, -0.25) is 0 Å². The van der Waals surface area contributed by atoms with E-state index in [2.05, 4.69) is 6.07 Å². The molecule has 1 aromatic carbocycles. The Kier molecular flexibility index (Phi) is 2.68. The number of halogens is 2. The van der Waals surface area contributed by atoms with Gasteiger partial charge in [-0.05, 0) is 25.5 Å². The highest BCUT2D eigenvalue weighted by molar-refractivity contribution is 6.32. The van der Waals surface area contributed by atoms with E-state index in [0.29, 0.717) is 5.56 Å². The molecule has 1 rings (SSSR count). The molecule has 0 radical (unpaired) electrons. The monoisotopic (exact) mass is 212 g/mol. The molecule has 0 spiro atoms. The smallest absolute Gasteiger partial charge is 0.164 e. The van der Waals surface area contributed by atoms with Crippen LogP contribution in [-0.4, -0.2) is 0 Å². The summed E-state index contributed by atoms with van der Waals surface area (Å²) in [5, 5.41) is 8.80. The zero-order chi connectivity index (χ0) is 10.9. The van der Waals surface area contributed by atoms with E-state index in [-0.39, 0.29) is 10.7 Å². The van der Waals surface area contributed by atoms with Crippen molar-refractivity contribution in [2.24, 2.45) is 0 Å². The van der Waals surface area contributed by atoms with Crippen molar-refractivity contribution in [1.82, 2.24) is 0 Å². The molecule has 0 aliphatic rings. The number of nitrogen functional groups attached to an aromatic ring is 1. The Balaban J connectivity index is 3.41. The summed E-state index contributed by atoms with van der Waals surface area (Å²) in [5.41, 5.74) is 4.96. The molecule has 2 N–H and O–H groups in total. The number of hydrogen-bond donors (Lipinski definition) is 1. The number of nitriles is 1. The Morgan fingerprint density at radius 2 is 2.07 bits per heavy atom. The first kappa shape index (κ1) is 10.8. The van der Waals surface area contributed by atoms with Crippen molar-refractivity contribution in [1.29, 1.82) is 5.26 Å². The predicted octanol–water partition coefficient (Wildman–Crippen LogP) is 2.86. The lowest BCUT2D eigenvalue weighted by atomic mass is 9.86. The molecule has 0 heterocycles. The third-order valence-electron chi connectivity index (χ3n) is 2.07. The van der Waals surface area contributed by atoms with Gasteiger partial charge in [0.25, 0.3) is 0 Å². The average Bonchev–Trinajstić information content (AvgIpc) is 2.14. The summed E-state index contributed by atoms with van der Waals surface area (Å²) in [6.45, 7) is 3.34. The Morgan fingerprint density at radius 3 is 2.57 bits per heavy atom. The van der Waals surface area contributed by atoms with E-state index >= 15 is 0 Å². The van der Waals surface area contributed by atoms with E-state index in [1.54, 1.807) is 19.9 Å². The molecule has 1 aromatic rings. The van der Waals surface area contributed by atoms with Gasteiger partial charge in [-0.1, -0.05) is 17.7 Å². The number of rotatable bonds is 1. The first-order valence-electron chi connectivity index (χ1n) is 4.05. The maximum Gasteiger partial charge on any atom is 0.164 e. The van der Waals surface area contributed by atoms with Crippen LogP contribution in [-0.2, 0) is 5.41 Å². The Labute approximate surface area is 87.1 Å². The van der Waals surface area contributed by atoms with Gasteiger partial charge in [-0.2, -0.15) is 5.26 Å². The Hall–Kier alpha value is -1.27. The van der Waals surface area contributed by atoms with Crippen LogP contribution >= 0.6 is 11.6 Å². The number of benzene rings is 1. The summed E-state index contributed by atoms with van der Waals surface area (Å²) in [7, 11) is 0. The van der Waals surface area contributed by atoms with Crippen molar-refractivity contribution < 1.29 is 4.39 Å². The van der Waals surface area contributed by atoms with Crippen molar-refractivity contribution in [2.45, 2.75) is 19.3 Å². The largest absolute Gasteiger partial charge is 0.396 e. The van der Waals surface area contributed by atoms with Gasteiger partial charge in [0.15, 0.2) is 5.82 Å². The number of anilines is 1. The van der Waals surface area contributed by atoms with Crippen molar-refractivity contribution in [3.8, 4) is 6.07 Å². The number of nitrogens with zero attached hydrogens (tertiary/aromatic N) is 1. The minimum absolute atomic E-state index is 0.00695. The van der Waals surface area contributed by atoms with Gasteiger partial charge in [0.1, 0.15) is 0 Å². The molecule has 0 bridgehead atoms. The normalized spacial score (nSPS) is 11.1. The molecule has 0 saturated heterocycles. The highest BCUT2D eigenvalue weighted by Crippen LogP contribution is 2.33. The van der Waals surface area contributed by atoms with Gasteiger partial charge < -0.3 is 5.73 Å². The van der Waals surface area contributed by atoms with E-state index in [0.717, 1.165) is 0 Å². The van der Waals surface area contributed by atoms with E-state index < -0.39 is 11.2 Å². The Morgan fingerprint density at radius 1 is 1.50 bits per heavy atom. The fourth-order valence-electron chi connectivity index (χ4n) is 1.11. The molecule has 0 aliphatic carbocycles. The first-order chi connectivity index (χ1) is 6.40. The number of nitrogens with two attached hydrogens (primary N) is 1. The third kappa shape index (κ3) is 1.66. The molecule has 0 aliphatic heterocycles. The lowest BCUT2D eigenvalue weighted by Crippen LogP contribution is -2.15. The van der Waals surface area contributed by atoms with Crippen LogP contribution in [0.5, 0.6) is 0 Å². The van der Waals surface area contributed by atoms with Crippen LogP contribution in [0.1, 0.15) is 19.4 Å². The van der Waals surface area contributed by atoms with Crippen LogP contribution in [0, 0.1) is 17.1 Å². The maximum atomic E-state index is 13.3. The first-order valence-corrected chi connectivity index (χ1v) is 4.43. The number of hydrogen-bond acceptors (Lipinski definition) is 2. The highest BCUT2D eigenvalue weighted by Gasteiger charge is 2.25. The van der Waals surface area contributed by atoms with Crippen LogP contribution in [0.4, 0.5) is 10.1 Å². The SMILES string of the molecule is CC(C)(C#N)c1ccc(N)c(F)c1Cl. The fraction of sp³-hybridized carbons (Fsp3) is 0.300. The van der Waals surface area contributed by atoms with E-state index in [9.17, 15) is 4.39 Å². The lowest BCUT2D eigenvalue weighted by molar-refractivity contribution is 0.617. The average molecular weight is 213 g/mol. The van der Waals surface area contributed by atoms with Crippen molar-refractivity contribution >= 4 is 17.3 Å². The van der Waals surface area contributed by atoms with Crippen LogP contribution in [0.2, 0.25) is 5.02 Å². The molecule has 14 heavy (non-hydrogen) atoms. The summed E-state index contributed by atoms with van der Waals surface area (Å²) >= 11 is 5.76. The molecule has 4 heteroatoms. The Bertz CT molecular complexity index is 407. The van der Waals surface area contributed by atoms with E-state index in [1.807, 2.05) is 0 Å². The van der Waals surface area contributed by atoms with Gasteiger partial charge in [0.05, 0.1) is 22.2 Å². The summed E-state index contributed by atoms with van der Waals surface area (Å²) < 4.78 is 13.3. The van der Waals surface area contributed by atoms with Crippen LogP contribution in [0.15, 0.2) is 12.1 Å². The second-order valence-corrected chi connectivity index (χ2v) is 3.95. The summed E-state index contributed by atoms with van der Waals surface area (Å²) in [4.78, 5) is 0. The second-order valence-electron chi connectivity index (χ2n) is 3.57. The maximum absolute atomic E-state index is 13.3. The predicted molar refractivity (Wildman–Crippen MR) is 54.5 cm³/mol. The third-order valence-corrected chi connectivity index (χ3v) is 2.43. The van der Waals surface area contributed by atoms with Crippen molar-refractivity contribution in [2.75, 3.05) is 5.73 Å². The van der Waals surface area contributed by atoms with Gasteiger partial charge in [-0.15, -0.1) is 0 Å². The summed E-state index contributed by atoms with van der Waals surface area (Å²) in [6.07, 6.45) is 0. The van der Waals surface area contributed by atoms with Crippen LogP contribution in [0.3, 0.4) is 0 Å². The molecule has 0 amide bonds. The highest BCUT2D eigenvalue weighted by atomic mass is 35.5. The van der Waals surface area contributed by atoms with Crippen LogP contribution < -0.4 is 5.73 Å². The van der Waals surface area contributed by atoms with Crippen LogP contribution in [0.25, 0.3) is 0 Å². The van der Waals surface area contributed by atoms with Gasteiger partial charge >= 0.3 is 0 Å². The molecular formula is C10H10ClFN2. The van der Waals surface area contributed by atoms with Gasteiger partial charge in [-0.25, -0.2) is 4.39 Å². The molecule has 2 nitrogen and oxygen atoms in total. The van der Waals surface area contributed by atoms with Gasteiger partial charge in [0, 0.05) is 0 Å². The fourth-order valence-corrected chi connectivity index (χ4v) is 1.52. The van der Waals surface area contributed by atoms with Crippen molar-refractivity contribution in [3.63, 3.8) is 0 Å². The molecule has 0 saturated carbocycles. The lowest BCUT2D eigenvalue weighted by Gasteiger charge is -2.18. The minimum atomic E-state index is -0.814. The molecule has 74 valence electrons.